The molecule has 0 radical (unpaired) electrons. The molecule has 1 aliphatic heterocycles. The number of nitrogens with zero attached hydrogens (tertiary/aromatic N) is 2. The lowest BCUT2D eigenvalue weighted by molar-refractivity contribution is 0.0953. The molecule has 0 aliphatic carbocycles. The Kier molecular flexibility index (Phi) is 3.21. The van der Waals surface area contributed by atoms with Crippen LogP contribution in [0, 0.1) is 0 Å². The molecule has 1 aromatic heterocycles. The molecule has 1 saturated heterocycles. The van der Waals surface area contributed by atoms with Crippen LogP contribution >= 0.6 is 0 Å². The molecule has 0 saturated carbocycles. The Bertz CT molecular complexity index is 567. The van der Waals surface area contributed by atoms with Gasteiger partial charge < -0.3 is 15.0 Å². The molecule has 2 heterocycles. The van der Waals surface area contributed by atoms with Crippen molar-refractivity contribution in [2.75, 3.05) is 12.3 Å². The van der Waals surface area contributed by atoms with Crippen LogP contribution in [0.2, 0.25) is 0 Å². The van der Waals surface area contributed by atoms with Gasteiger partial charge in [-0.15, -0.1) is 0 Å². The fraction of sp³-hybridized carbons (Fsp3) is 0.429. The van der Waals surface area contributed by atoms with Crippen LogP contribution in [-0.2, 0) is 4.74 Å². The highest BCUT2D eigenvalue weighted by Gasteiger charge is 2.32. The lowest BCUT2D eigenvalue weighted by Gasteiger charge is -2.11. The van der Waals surface area contributed by atoms with E-state index in [0.29, 0.717) is 17.4 Å². The summed E-state index contributed by atoms with van der Waals surface area (Å²) in [6, 6.07) is 7.49. The number of nitrogen functional groups attached to an aromatic ring is 1. The molecule has 5 heteroatoms. The largest absolute Gasteiger partial charge is 0.399 e. The third kappa shape index (κ3) is 2.33. The Labute approximate surface area is 111 Å². The first kappa shape index (κ1) is 12.2. The number of nitrogens with two attached hydrogens (primary N) is 1. The second-order valence-electron chi connectivity index (χ2n) is 4.79. The predicted octanol–water partition coefficient (Wildman–Crippen LogP) is 2.60. The Morgan fingerprint density at radius 3 is 3.11 bits per heavy atom. The van der Waals surface area contributed by atoms with E-state index in [2.05, 4.69) is 17.1 Å². The SMILES string of the molecule is CCC1OCCC1c1nc(-c2cccc(N)c2)no1. The number of hydrogen-bond donors (Lipinski definition) is 1. The first-order valence-electron chi connectivity index (χ1n) is 6.59. The lowest BCUT2D eigenvalue weighted by Crippen LogP contribution is -2.13. The van der Waals surface area contributed by atoms with Crippen molar-refractivity contribution in [1.82, 2.24) is 10.1 Å². The minimum atomic E-state index is 0.189. The number of hydrogen-bond acceptors (Lipinski definition) is 5. The van der Waals surface area contributed by atoms with Crippen LogP contribution in [0.5, 0.6) is 0 Å². The monoisotopic (exact) mass is 259 g/mol. The van der Waals surface area contributed by atoms with Crippen molar-refractivity contribution in [2.45, 2.75) is 31.8 Å². The van der Waals surface area contributed by atoms with Gasteiger partial charge in [0.2, 0.25) is 11.7 Å². The van der Waals surface area contributed by atoms with Crippen LogP contribution in [0.3, 0.4) is 0 Å². The summed E-state index contributed by atoms with van der Waals surface area (Å²) < 4.78 is 11.0. The van der Waals surface area contributed by atoms with E-state index >= 15 is 0 Å². The molecular formula is C14H17N3O2. The highest BCUT2D eigenvalue weighted by molar-refractivity contribution is 5.60. The smallest absolute Gasteiger partial charge is 0.232 e. The molecule has 1 fully saturated rings. The molecule has 0 spiro atoms. The van der Waals surface area contributed by atoms with Gasteiger partial charge >= 0.3 is 0 Å². The third-order valence-electron chi connectivity index (χ3n) is 3.52. The van der Waals surface area contributed by atoms with Gasteiger partial charge in [-0.25, -0.2) is 0 Å². The van der Waals surface area contributed by atoms with Gasteiger partial charge in [-0.1, -0.05) is 24.2 Å². The number of rotatable bonds is 3. The van der Waals surface area contributed by atoms with E-state index in [1.54, 1.807) is 0 Å². The molecule has 1 aliphatic rings. The molecule has 19 heavy (non-hydrogen) atoms. The number of ether oxygens (including phenoxy) is 1. The maximum absolute atomic E-state index is 5.76. The maximum Gasteiger partial charge on any atom is 0.232 e. The average molecular weight is 259 g/mol. The van der Waals surface area contributed by atoms with Crippen molar-refractivity contribution < 1.29 is 9.26 Å². The average Bonchev–Trinajstić information content (AvgIpc) is 3.07. The third-order valence-corrected chi connectivity index (χ3v) is 3.52. The van der Waals surface area contributed by atoms with E-state index in [1.165, 1.54) is 0 Å². The van der Waals surface area contributed by atoms with Gasteiger partial charge in [-0.2, -0.15) is 4.98 Å². The number of aromatic nitrogens is 2. The summed E-state index contributed by atoms with van der Waals surface area (Å²) in [6.45, 7) is 2.87. The van der Waals surface area contributed by atoms with Gasteiger partial charge in [0.1, 0.15) is 0 Å². The van der Waals surface area contributed by atoms with Crippen LogP contribution in [0.25, 0.3) is 11.4 Å². The summed E-state index contributed by atoms with van der Waals surface area (Å²) in [5.74, 6) is 1.47. The molecule has 1 aromatic carbocycles. The molecule has 3 rings (SSSR count). The van der Waals surface area contributed by atoms with Crippen LogP contribution < -0.4 is 5.73 Å². The van der Waals surface area contributed by atoms with Crippen LogP contribution in [0.4, 0.5) is 5.69 Å². The summed E-state index contributed by atoms with van der Waals surface area (Å²) in [5, 5.41) is 4.04. The highest BCUT2D eigenvalue weighted by atomic mass is 16.5. The quantitative estimate of drug-likeness (QED) is 0.857. The molecule has 2 atom stereocenters. The van der Waals surface area contributed by atoms with Gasteiger partial charge in [-0.05, 0) is 25.0 Å². The zero-order chi connectivity index (χ0) is 13.2. The van der Waals surface area contributed by atoms with E-state index in [1.807, 2.05) is 24.3 Å². The van der Waals surface area contributed by atoms with Gasteiger partial charge in [0.15, 0.2) is 0 Å². The van der Waals surface area contributed by atoms with Gasteiger partial charge in [0.05, 0.1) is 12.0 Å². The molecule has 0 bridgehead atoms. The predicted molar refractivity (Wildman–Crippen MR) is 71.5 cm³/mol. The van der Waals surface area contributed by atoms with E-state index in [0.717, 1.165) is 25.0 Å². The standard InChI is InChI=1S/C14H17N3O2/c1-2-12-11(6-7-18-12)14-16-13(17-19-14)9-4-3-5-10(15)8-9/h3-5,8,11-12H,2,6-7,15H2,1H3. The summed E-state index contributed by atoms with van der Waals surface area (Å²) in [4.78, 5) is 4.49. The molecule has 2 unspecified atom stereocenters. The van der Waals surface area contributed by atoms with E-state index in [4.69, 9.17) is 15.0 Å². The van der Waals surface area contributed by atoms with E-state index in [-0.39, 0.29) is 12.0 Å². The topological polar surface area (TPSA) is 74.2 Å². The van der Waals surface area contributed by atoms with E-state index in [9.17, 15) is 0 Å². The van der Waals surface area contributed by atoms with Crippen LogP contribution in [-0.4, -0.2) is 22.9 Å². The Morgan fingerprint density at radius 2 is 2.32 bits per heavy atom. The zero-order valence-electron chi connectivity index (χ0n) is 10.9. The van der Waals surface area contributed by atoms with Crippen molar-refractivity contribution in [1.29, 1.82) is 0 Å². The number of anilines is 1. The van der Waals surface area contributed by atoms with Gasteiger partial charge in [0.25, 0.3) is 0 Å². The molecule has 0 amide bonds. The fourth-order valence-corrected chi connectivity index (χ4v) is 2.51. The zero-order valence-corrected chi connectivity index (χ0v) is 10.9. The molecule has 2 aromatic rings. The van der Waals surface area contributed by atoms with E-state index < -0.39 is 0 Å². The van der Waals surface area contributed by atoms with Crippen LogP contribution in [0.1, 0.15) is 31.6 Å². The Morgan fingerprint density at radius 1 is 1.42 bits per heavy atom. The van der Waals surface area contributed by atoms with Crippen molar-refractivity contribution in [3.05, 3.63) is 30.2 Å². The molecule has 100 valence electrons. The minimum Gasteiger partial charge on any atom is -0.399 e. The van der Waals surface area contributed by atoms with Gasteiger partial charge in [0, 0.05) is 17.9 Å². The summed E-state index contributed by atoms with van der Waals surface area (Å²) in [6.07, 6.45) is 2.09. The summed E-state index contributed by atoms with van der Waals surface area (Å²) >= 11 is 0. The first-order valence-corrected chi connectivity index (χ1v) is 6.59. The highest BCUT2D eigenvalue weighted by Crippen LogP contribution is 2.33. The van der Waals surface area contributed by atoms with Crippen molar-refractivity contribution in [3.63, 3.8) is 0 Å². The van der Waals surface area contributed by atoms with Gasteiger partial charge in [-0.3, -0.25) is 0 Å². The van der Waals surface area contributed by atoms with Crippen molar-refractivity contribution >= 4 is 5.69 Å². The number of benzene rings is 1. The Hall–Kier alpha value is -1.88. The second kappa shape index (κ2) is 5.01. The first-order chi connectivity index (χ1) is 9.28. The minimum absolute atomic E-state index is 0.189. The second-order valence-corrected chi connectivity index (χ2v) is 4.79. The molecule has 2 N–H and O–H groups in total. The molecule has 5 nitrogen and oxygen atoms in total. The molecular weight excluding hydrogens is 242 g/mol. The maximum atomic E-state index is 5.76. The lowest BCUT2D eigenvalue weighted by atomic mass is 10.00. The summed E-state index contributed by atoms with van der Waals surface area (Å²) in [7, 11) is 0. The van der Waals surface area contributed by atoms with Crippen molar-refractivity contribution in [3.8, 4) is 11.4 Å². The van der Waals surface area contributed by atoms with Crippen LogP contribution in [0.15, 0.2) is 28.8 Å². The van der Waals surface area contributed by atoms with Crippen molar-refractivity contribution in [2.24, 2.45) is 0 Å². The Balaban J connectivity index is 1.87. The normalized spacial score (nSPS) is 22.8. The fourth-order valence-electron chi connectivity index (χ4n) is 2.51. The summed E-state index contributed by atoms with van der Waals surface area (Å²) in [5.41, 5.74) is 7.33.